The van der Waals surface area contributed by atoms with E-state index in [1.54, 1.807) is 7.11 Å². The molecule has 0 radical (unpaired) electrons. The van der Waals surface area contributed by atoms with Crippen molar-refractivity contribution >= 4 is 21.8 Å². The van der Waals surface area contributed by atoms with E-state index in [9.17, 15) is 4.79 Å². The number of halogens is 1. The molecule has 0 saturated carbocycles. The first-order valence-electron chi connectivity index (χ1n) is 7.12. The molecule has 0 unspecified atom stereocenters. The van der Waals surface area contributed by atoms with Crippen LogP contribution in [0.5, 0.6) is 11.5 Å². The number of nitrogens with two attached hydrogens (primary N) is 1. The fourth-order valence-corrected chi connectivity index (χ4v) is 3.02. The predicted molar refractivity (Wildman–Crippen MR) is 84.8 cm³/mol. The van der Waals surface area contributed by atoms with Crippen LogP contribution in [0.25, 0.3) is 0 Å². The maximum absolute atomic E-state index is 12.0. The smallest absolute Gasteiger partial charge is 0.260 e. The summed E-state index contributed by atoms with van der Waals surface area (Å²) in [5, 5.41) is 0. The number of likely N-dealkylation sites (tertiary alicyclic amines) is 1. The van der Waals surface area contributed by atoms with Gasteiger partial charge in [-0.15, -0.1) is 0 Å². The highest BCUT2D eigenvalue weighted by molar-refractivity contribution is 9.10. The molecule has 116 valence electrons. The lowest BCUT2D eigenvalue weighted by molar-refractivity contribution is -0.132. The summed E-state index contributed by atoms with van der Waals surface area (Å²) in [4.78, 5) is 13.9. The Morgan fingerprint density at radius 2 is 2.10 bits per heavy atom. The monoisotopic (exact) mass is 356 g/mol. The van der Waals surface area contributed by atoms with Gasteiger partial charge in [0, 0.05) is 13.1 Å². The third-order valence-electron chi connectivity index (χ3n) is 3.52. The fourth-order valence-electron chi connectivity index (χ4n) is 2.42. The van der Waals surface area contributed by atoms with Gasteiger partial charge in [-0.3, -0.25) is 4.79 Å². The van der Waals surface area contributed by atoms with Crippen LogP contribution < -0.4 is 15.2 Å². The highest BCUT2D eigenvalue weighted by Crippen LogP contribution is 2.36. The summed E-state index contributed by atoms with van der Waals surface area (Å²) in [5.74, 6) is 1.19. The van der Waals surface area contributed by atoms with Gasteiger partial charge in [-0.05, 0) is 59.4 Å². The van der Waals surface area contributed by atoms with E-state index in [1.807, 2.05) is 17.0 Å². The first-order chi connectivity index (χ1) is 10.2. The van der Waals surface area contributed by atoms with E-state index in [1.165, 1.54) is 0 Å². The lowest BCUT2D eigenvalue weighted by Gasteiger charge is -2.18. The van der Waals surface area contributed by atoms with Crippen molar-refractivity contribution in [2.45, 2.75) is 19.3 Å². The average molecular weight is 357 g/mol. The molecule has 1 aliphatic heterocycles. The zero-order valence-corrected chi connectivity index (χ0v) is 13.8. The van der Waals surface area contributed by atoms with Gasteiger partial charge in [-0.1, -0.05) is 0 Å². The highest BCUT2D eigenvalue weighted by Gasteiger charge is 2.20. The zero-order valence-electron chi connectivity index (χ0n) is 12.2. The van der Waals surface area contributed by atoms with Crippen molar-refractivity contribution < 1.29 is 14.3 Å². The van der Waals surface area contributed by atoms with Crippen molar-refractivity contribution in [2.75, 3.05) is 33.4 Å². The van der Waals surface area contributed by atoms with Crippen LogP contribution in [0.4, 0.5) is 0 Å². The number of carbonyl (C=O) groups excluding carboxylic acids is 1. The van der Waals surface area contributed by atoms with Crippen LogP contribution in [0.15, 0.2) is 16.6 Å². The van der Waals surface area contributed by atoms with Gasteiger partial charge in [-0.25, -0.2) is 0 Å². The predicted octanol–water partition coefficient (Wildman–Crippen LogP) is 1.96. The molecule has 1 heterocycles. The van der Waals surface area contributed by atoms with Crippen LogP contribution in [0, 0.1) is 0 Å². The first-order valence-corrected chi connectivity index (χ1v) is 7.92. The van der Waals surface area contributed by atoms with E-state index in [0.29, 0.717) is 18.0 Å². The van der Waals surface area contributed by atoms with Crippen LogP contribution in [-0.4, -0.2) is 44.2 Å². The maximum atomic E-state index is 12.0. The highest BCUT2D eigenvalue weighted by atomic mass is 79.9. The lowest BCUT2D eigenvalue weighted by Crippen LogP contribution is -2.32. The van der Waals surface area contributed by atoms with Gasteiger partial charge in [0.15, 0.2) is 18.1 Å². The number of amides is 1. The second-order valence-electron chi connectivity index (χ2n) is 5.02. The molecule has 1 fully saturated rings. The molecule has 0 aliphatic carbocycles. The van der Waals surface area contributed by atoms with Gasteiger partial charge in [0.1, 0.15) is 0 Å². The summed E-state index contributed by atoms with van der Waals surface area (Å²) in [7, 11) is 1.59. The minimum atomic E-state index is 0.0208. The Hall–Kier alpha value is -1.27. The number of carbonyl (C=O) groups is 1. The largest absolute Gasteiger partial charge is 0.493 e. The normalized spacial score (nSPS) is 14.3. The Labute approximate surface area is 133 Å². The van der Waals surface area contributed by atoms with Crippen molar-refractivity contribution in [2.24, 2.45) is 5.73 Å². The minimum Gasteiger partial charge on any atom is -0.493 e. The number of nitrogens with zero attached hydrogens (tertiary/aromatic N) is 1. The summed E-state index contributed by atoms with van der Waals surface area (Å²) in [6.45, 7) is 2.26. The molecule has 1 aromatic rings. The van der Waals surface area contributed by atoms with Gasteiger partial charge in [0.2, 0.25) is 0 Å². The van der Waals surface area contributed by atoms with Gasteiger partial charge < -0.3 is 20.1 Å². The van der Waals surface area contributed by atoms with E-state index >= 15 is 0 Å². The molecule has 1 aromatic carbocycles. The first kappa shape index (κ1) is 16.1. The molecule has 0 aromatic heterocycles. The third kappa shape index (κ3) is 4.11. The van der Waals surface area contributed by atoms with Crippen LogP contribution in [-0.2, 0) is 11.2 Å². The average Bonchev–Trinajstić information content (AvgIpc) is 3.00. The molecule has 1 saturated heterocycles. The van der Waals surface area contributed by atoms with Gasteiger partial charge in [-0.2, -0.15) is 0 Å². The standard InChI is InChI=1S/C15H21BrN2O3/c1-20-13-9-11(4-5-17)8-12(16)15(13)21-10-14(19)18-6-2-3-7-18/h8-9H,2-7,10,17H2,1H3. The van der Waals surface area contributed by atoms with E-state index < -0.39 is 0 Å². The Morgan fingerprint density at radius 3 is 2.71 bits per heavy atom. The fraction of sp³-hybridized carbons (Fsp3) is 0.533. The topological polar surface area (TPSA) is 64.8 Å². The molecule has 21 heavy (non-hydrogen) atoms. The Kier molecular flexibility index (Phi) is 5.87. The zero-order chi connectivity index (χ0) is 15.2. The number of benzene rings is 1. The molecule has 2 rings (SSSR count). The maximum Gasteiger partial charge on any atom is 0.260 e. The molecule has 5 nitrogen and oxygen atoms in total. The Balaban J connectivity index is 2.06. The van der Waals surface area contributed by atoms with Crippen LogP contribution in [0.3, 0.4) is 0 Å². The molecular weight excluding hydrogens is 336 g/mol. The Bertz CT molecular complexity index is 502. The molecule has 6 heteroatoms. The molecule has 1 amide bonds. The summed E-state index contributed by atoms with van der Waals surface area (Å²) >= 11 is 3.47. The summed E-state index contributed by atoms with van der Waals surface area (Å²) in [6.07, 6.45) is 2.92. The van der Waals surface area contributed by atoms with Crippen LogP contribution in [0.1, 0.15) is 18.4 Å². The molecule has 0 bridgehead atoms. The van der Waals surface area contributed by atoms with Crippen molar-refractivity contribution in [3.63, 3.8) is 0 Å². The third-order valence-corrected chi connectivity index (χ3v) is 4.11. The molecular formula is C15H21BrN2O3. The van der Waals surface area contributed by atoms with Crippen LogP contribution >= 0.6 is 15.9 Å². The summed E-state index contributed by atoms with van der Waals surface area (Å²) < 4.78 is 11.8. The lowest BCUT2D eigenvalue weighted by atomic mass is 10.1. The van der Waals surface area contributed by atoms with E-state index in [4.69, 9.17) is 15.2 Å². The Morgan fingerprint density at radius 1 is 1.38 bits per heavy atom. The van der Waals surface area contributed by atoms with Gasteiger partial charge >= 0.3 is 0 Å². The second kappa shape index (κ2) is 7.66. The molecule has 0 atom stereocenters. The van der Waals surface area contributed by atoms with E-state index in [2.05, 4.69) is 15.9 Å². The minimum absolute atomic E-state index is 0.0208. The van der Waals surface area contributed by atoms with Crippen molar-refractivity contribution in [3.8, 4) is 11.5 Å². The summed E-state index contributed by atoms with van der Waals surface area (Å²) in [6, 6.07) is 3.85. The molecule has 2 N–H and O–H groups in total. The van der Waals surface area contributed by atoms with Crippen LogP contribution in [0.2, 0.25) is 0 Å². The molecule has 1 aliphatic rings. The van der Waals surface area contributed by atoms with Gasteiger partial charge in [0.25, 0.3) is 5.91 Å². The van der Waals surface area contributed by atoms with E-state index in [-0.39, 0.29) is 12.5 Å². The SMILES string of the molecule is COc1cc(CCN)cc(Br)c1OCC(=O)N1CCCC1. The molecule has 0 spiro atoms. The number of hydrogen-bond donors (Lipinski definition) is 1. The van der Waals surface area contributed by atoms with Crippen molar-refractivity contribution in [3.05, 3.63) is 22.2 Å². The quantitative estimate of drug-likeness (QED) is 0.845. The van der Waals surface area contributed by atoms with Gasteiger partial charge in [0.05, 0.1) is 11.6 Å². The van der Waals surface area contributed by atoms with Crippen molar-refractivity contribution in [1.82, 2.24) is 4.90 Å². The van der Waals surface area contributed by atoms with E-state index in [0.717, 1.165) is 42.4 Å². The van der Waals surface area contributed by atoms with Crippen molar-refractivity contribution in [1.29, 1.82) is 0 Å². The number of methoxy groups -OCH3 is 1. The number of rotatable bonds is 6. The number of hydrogen-bond acceptors (Lipinski definition) is 4. The number of ether oxygens (including phenoxy) is 2. The summed E-state index contributed by atoms with van der Waals surface area (Å²) in [5.41, 5.74) is 6.64. The second-order valence-corrected chi connectivity index (χ2v) is 5.88.